The number of carboxylic acid groups (broad SMARTS) is 2. The first-order chi connectivity index (χ1) is 13.5. The van der Waals surface area contributed by atoms with Gasteiger partial charge in [-0.25, -0.2) is 9.59 Å². The number of rotatable bonds is 4. The van der Waals surface area contributed by atoms with Crippen LogP contribution in [0.5, 0.6) is 0 Å². The molecule has 0 saturated heterocycles. The Morgan fingerprint density at radius 2 is 0.964 bits per heavy atom. The second-order valence-corrected chi connectivity index (χ2v) is 5.57. The van der Waals surface area contributed by atoms with Gasteiger partial charge in [0.25, 0.3) is 0 Å². The summed E-state index contributed by atoms with van der Waals surface area (Å²) in [6.07, 6.45) is 0. The Morgan fingerprint density at radius 3 is 1.21 bits per heavy atom. The van der Waals surface area contributed by atoms with Crippen molar-refractivity contribution in [2.75, 3.05) is 0 Å². The molecule has 6 nitrogen and oxygen atoms in total. The van der Waals surface area contributed by atoms with Gasteiger partial charge in [-0.3, -0.25) is 0 Å². The number of carboxylic acids is 2. The van der Waals surface area contributed by atoms with Gasteiger partial charge in [-0.05, 0) is 35.4 Å². The summed E-state index contributed by atoms with van der Waals surface area (Å²) in [5.41, 5.74) is 13.8. The molecule has 3 aromatic carbocycles. The average molecular weight is 380 g/mol. The van der Waals surface area contributed by atoms with Crippen LogP contribution in [0.15, 0.2) is 84.9 Å². The van der Waals surface area contributed by atoms with Crippen LogP contribution in [-0.4, -0.2) is 22.2 Å². The molecule has 0 aromatic heterocycles. The fraction of sp³-hybridized carbons (Fsp3) is 0.0909. The van der Waals surface area contributed by atoms with Crippen LogP contribution in [0.25, 0.3) is 0 Å². The van der Waals surface area contributed by atoms with Crippen LogP contribution in [0.3, 0.4) is 0 Å². The molecule has 0 aliphatic carbocycles. The van der Waals surface area contributed by atoms with Gasteiger partial charge >= 0.3 is 11.9 Å². The lowest BCUT2D eigenvalue weighted by molar-refractivity contribution is 0.0686. The van der Waals surface area contributed by atoms with E-state index in [9.17, 15) is 9.59 Å². The highest BCUT2D eigenvalue weighted by Gasteiger charge is 1.97. The standard InChI is InChI=1S/C8H12N2.2C7H6O2/c9-5-7-2-1-3-8(4-7)6-10;2*8-7(9)6-4-2-1-3-5-6/h1-4H,5-6,9-10H2;2*1-5H,(H,8,9). The molecule has 0 amide bonds. The minimum absolute atomic E-state index is 0.331. The normalized spacial score (nSPS) is 9.21. The lowest BCUT2D eigenvalue weighted by Crippen LogP contribution is -2.00. The Kier molecular flexibility index (Phi) is 10.3. The quantitative estimate of drug-likeness (QED) is 0.550. The van der Waals surface area contributed by atoms with Crippen molar-refractivity contribution in [3.63, 3.8) is 0 Å². The predicted octanol–water partition coefficient (Wildman–Crippen LogP) is 3.37. The summed E-state index contributed by atoms with van der Waals surface area (Å²) in [5.74, 6) is -1.76. The van der Waals surface area contributed by atoms with Gasteiger partial charge in [0, 0.05) is 13.1 Å². The molecule has 0 aliphatic rings. The Balaban J connectivity index is 0.000000210. The molecule has 3 rings (SSSR count). The molecule has 6 heteroatoms. The Bertz CT molecular complexity index is 784. The topological polar surface area (TPSA) is 127 Å². The minimum atomic E-state index is -0.879. The largest absolute Gasteiger partial charge is 0.478 e. The van der Waals surface area contributed by atoms with E-state index in [1.807, 2.05) is 24.3 Å². The van der Waals surface area contributed by atoms with E-state index in [1.54, 1.807) is 60.7 Å². The minimum Gasteiger partial charge on any atom is -0.478 e. The first kappa shape index (κ1) is 22.6. The summed E-state index contributed by atoms with van der Waals surface area (Å²) in [6.45, 7) is 1.18. The van der Waals surface area contributed by atoms with Gasteiger partial charge in [0.1, 0.15) is 0 Å². The highest BCUT2D eigenvalue weighted by Crippen LogP contribution is 2.02. The summed E-state index contributed by atoms with van der Waals surface area (Å²) < 4.78 is 0. The molecular weight excluding hydrogens is 356 g/mol. The van der Waals surface area contributed by atoms with Crippen molar-refractivity contribution in [1.29, 1.82) is 0 Å². The van der Waals surface area contributed by atoms with Gasteiger partial charge in [-0.2, -0.15) is 0 Å². The second kappa shape index (κ2) is 12.8. The molecule has 0 unspecified atom stereocenters. The van der Waals surface area contributed by atoms with Crippen LogP contribution in [0.2, 0.25) is 0 Å². The van der Waals surface area contributed by atoms with Crippen molar-refractivity contribution in [2.24, 2.45) is 11.5 Å². The van der Waals surface area contributed by atoms with E-state index in [0.29, 0.717) is 24.2 Å². The molecule has 0 heterocycles. The fourth-order valence-electron chi connectivity index (χ4n) is 2.05. The highest BCUT2D eigenvalue weighted by molar-refractivity contribution is 5.87. The third-order valence-electron chi connectivity index (χ3n) is 3.50. The molecular formula is C22H24N2O4. The van der Waals surface area contributed by atoms with Gasteiger partial charge < -0.3 is 21.7 Å². The van der Waals surface area contributed by atoms with E-state index in [-0.39, 0.29) is 0 Å². The lowest BCUT2D eigenvalue weighted by atomic mass is 10.1. The maximum Gasteiger partial charge on any atom is 0.335 e. The molecule has 3 aromatic rings. The van der Waals surface area contributed by atoms with Crippen LogP contribution < -0.4 is 11.5 Å². The lowest BCUT2D eigenvalue weighted by Gasteiger charge is -1.98. The molecule has 0 aliphatic heterocycles. The molecule has 0 radical (unpaired) electrons. The third kappa shape index (κ3) is 8.75. The summed E-state index contributed by atoms with van der Waals surface area (Å²) in [6, 6.07) is 24.6. The number of carbonyl (C=O) groups is 2. The maximum atomic E-state index is 10.2. The van der Waals surface area contributed by atoms with Crippen molar-refractivity contribution < 1.29 is 19.8 Å². The van der Waals surface area contributed by atoms with E-state index in [4.69, 9.17) is 21.7 Å². The molecule has 28 heavy (non-hydrogen) atoms. The molecule has 0 saturated carbocycles. The third-order valence-corrected chi connectivity index (χ3v) is 3.50. The van der Waals surface area contributed by atoms with Crippen LogP contribution in [-0.2, 0) is 13.1 Å². The smallest absolute Gasteiger partial charge is 0.335 e. The number of hydrogen-bond acceptors (Lipinski definition) is 4. The second-order valence-electron chi connectivity index (χ2n) is 5.57. The van der Waals surface area contributed by atoms with Crippen molar-refractivity contribution in [3.8, 4) is 0 Å². The van der Waals surface area contributed by atoms with Crippen molar-refractivity contribution in [1.82, 2.24) is 0 Å². The van der Waals surface area contributed by atoms with E-state index < -0.39 is 11.9 Å². The average Bonchev–Trinajstić information content (AvgIpc) is 2.76. The van der Waals surface area contributed by atoms with Crippen molar-refractivity contribution >= 4 is 11.9 Å². The SMILES string of the molecule is NCc1cccc(CN)c1.O=C(O)c1ccccc1.O=C(O)c1ccccc1. The number of benzene rings is 3. The van der Waals surface area contributed by atoms with Gasteiger partial charge in [0.2, 0.25) is 0 Å². The predicted molar refractivity (Wildman–Crippen MR) is 109 cm³/mol. The van der Waals surface area contributed by atoms with E-state index >= 15 is 0 Å². The Hall–Kier alpha value is -3.48. The van der Waals surface area contributed by atoms with Gasteiger partial charge in [-0.1, -0.05) is 60.7 Å². The molecule has 0 spiro atoms. The summed E-state index contributed by atoms with van der Waals surface area (Å²) in [7, 11) is 0. The first-order valence-electron chi connectivity index (χ1n) is 8.52. The van der Waals surface area contributed by atoms with Gasteiger partial charge in [0.15, 0.2) is 0 Å². The van der Waals surface area contributed by atoms with Crippen LogP contribution >= 0.6 is 0 Å². The first-order valence-corrected chi connectivity index (χ1v) is 8.52. The summed E-state index contributed by atoms with van der Waals surface area (Å²) in [4.78, 5) is 20.4. The number of hydrogen-bond donors (Lipinski definition) is 4. The van der Waals surface area contributed by atoms with Crippen molar-refractivity contribution in [2.45, 2.75) is 13.1 Å². The zero-order chi connectivity index (χ0) is 20.8. The zero-order valence-corrected chi connectivity index (χ0v) is 15.4. The zero-order valence-electron chi connectivity index (χ0n) is 15.4. The molecule has 146 valence electrons. The maximum absolute atomic E-state index is 10.2. The molecule has 0 fully saturated rings. The summed E-state index contributed by atoms with van der Waals surface area (Å²) in [5, 5.41) is 16.8. The number of nitrogens with two attached hydrogens (primary N) is 2. The highest BCUT2D eigenvalue weighted by atomic mass is 16.4. The molecule has 0 bridgehead atoms. The molecule has 0 atom stereocenters. The van der Waals surface area contributed by atoms with Crippen LogP contribution in [0.1, 0.15) is 31.8 Å². The van der Waals surface area contributed by atoms with E-state index in [1.165, 1.54) is 0 Å². The summed E-state index contributed by atoms with van der Waals surface area (Å²) >= 11 is 0. The number of aromatic carboxylic acids is 2. The van der Waals surface area contributed by atoms with Gasteiger partial charge in [0.05, 0.1) is 11.1 Å². The molecule has 6 N–H and O–H groups in total. The van der Waals surface area contributed by atoms with Crippen LogP contribution in [0.4, 0.5) is 0 Å². The Morgan fingerprint density at radius 1 is 0.607 bits per heavy atom. The van der Waals surface area contributed by atoms with E-state index in [0.717, 1.165) is 11.1 Å². The van der Waals surface area contributed by atoms with Gasteiger partial charge in [-0.15, -0.1) is 0 Å². The van der Waals surface area contributed by atoms with Crippen LogP contribution in [0, 0.1) is 0 Å². The fourth-order valence-corrected chi connectivity index (χ4v) is 2.05. The Labute approximate surface area is 164 Å². The van der Waals surface area contributed by atoms with Crippen molar-refractivity contribution in [3.05, 3.63) is 107 Å². The van der Waals surface area contributed by atoms with E-state index in [2.05, 4.69) is 0 Å². The monoisotopic (exact) mass is 380 g/mol.